The van der Waals surface area contributed by atoms with Gasteiger partial charge in [-0.25, -0.2) is 9.97 Å². The molecule has 0 aliphatic carbocycles. The van der Waals surface area contributed by atoms with E-state index < -0.39 is 0 Å². The Morgan fingerprint density at radius 2 is 2.00 bits per heavy atom. The average Bonchev–Trinajstić information content (AvgIpc) is 2.36. The highest BCUT2D eigenvalue weighted by atomic mass is 35.5. The molecular formula is C14H16ClN3S. The first-order valence-corrected chi connectivity index (χ1v) is 7.50. The van der Waals surface area contributed by atoms with Crippen LogP contribution >= 0.6 is 23.4 Å². The predicted molar refractivity (Wildman–Crippen MR) is 82.4 cm³/mol. The van der Waals surface area contributed by atoms with Crippen LogP contribution < -0.4 is 5.73 Å². The molecule has 0 saturated carbocycles. The highest BCUT2D eigenvalue weighted by Crippen LogP contribution is 2.20. The lowest BCUT2D eigenvalue weighted by Gasteiger charge is -2.10. The molecule has 0 saturated heterocycles. The van der Waals surface area contributed by atoms with Crippen LogP contribution in [0.3, 0.4) is 0 Å². The van der Waals surface area contributed by atoms with Gasteiger partial charge < -0.3 is 5.73 Å². The van der Waals surface area contributed by atoms with Crippen LogP contribution in [-0.4, -0.2) is 15.2 Å². The van der Waals surface area contributed by atoms with Crippen LogP contribution in [-0.2, 0) is 12.2 Å². The van der Waals surface area contributed by atoms with Crippen molar-refractivity contribution < 1.29 is 0 Å². The quantitative estimate of drug-likeness (QED) is 0.856. The smallest absolute Gasteiger partial charge is 0.134 e. The number of halogens is 1. The van der Waals surface area contributed by atoms with Crippen molar-refractivity contribution in [1.29, 1.82) is 0 Å². The van der Waals surface area contributed by atoms with E-state index in [2.05, 4.69) is 41.2 Å². The summed E-state index contributed by atoms with van der Waals surface area (Å²) >= 11 is 7.74. The summed E-state index contributed by atoms with van der Waals surface area (Å²) in [5.74, 6) is 2.12. The maximum Gasteiger partial charge on any atom is 0.134 e. The van der Waals surface area contributed by atoms with Crippen molar-refractivity contribution in [2.75, 3.05) is 5.73 Å². The Hall–Kier alpha value is -1.26. The number of hydrogen-bond donors (Lipinski definition) is 1. The number of nitrogens with two attached hydrogens (primary N) is 1. The molecule has 1 atom stereocenters. The van der Waals surface area contributed by atoms with Crippen molar-refractivity contribution >= 4 is 29.2 Å². The number of hydrogen-bond acceptors (Lipinski definition) is 4. The topological polar surface area (TPSA) is 51.8 Å². The Balaban J connectivity index is 1.89. The Kier molecular flexibility index (Phi) is 5.05. The molecule has 3 nitrogen and oxygen atoms in total. The average molecular weight is 294 g/mol. The molecule has 1 aromatic carbocycles. The molecule has 100 valence electrons. The van der Waals surface area contributed by atoms with E-state index in [-0.39, 0.29) is 0 Å². The monoisotopic (exact) mass is 293 g/mol. The van der Waals surface area contributed by atoms with Crippen LogP contribution in [0.25, 0.3) is 0 Å². The van der Waals surface area contributed by atoms with E-state index in [0.29, 0.717) is 22.0 Å². The van der Waals surface area contributed by atoms with E-state index in [1.807, 2.05) is 17.8 Å². The molecule has 19 heavy (non-hydrogen) atoms. The van der Waals surface area contributed by atoms with Crippen LogP contribution in [0, 0.1) is 0 Å². The molecule has 2 aromatic rings. The third-order valence-corrected chi connectivity index (χ3v) is 4.04. The first-order chi connectivity index (χ1) is 9.13. The lowest BCUT2D eigenvalue weighted by Crippen LogP contribution is -2.07. The third kappa shape index (κ3) is 4.73. The summed E-state index contributed by atoms with van der Waals surface area (Å²) in [6.45, 7) is 2.16. The fourth-order valence-electron chi connectivity index (χ4n) is 1.70. The second kappa shape index (κ2) is 6.78. The number of nitrogen functional groups attached to an aromatic ring is 1. The molecule has 0 bridgehead atoms. The SMILES string of the molecule is CC(Cc1nc(N)cc(Cl)n1)SCc1ccccc1. The van der Waals surface area contributed by atoms with Gasteiger partial charge in [-0.3, -0.25) is 0 Å². The van der Waals surface area contributed by atoms with Gasteiger partial charge >= 0.3 is 0 Å². The molecule has 1 heterocycles. The van der Waals surface area contributed by atoms with Gasteiger partial charge in [0.05, 0.1) is 0 Å². The molecule has 2 rings (SSSR count). The molecule has 0 aliphatic rings. The van der Waals surface area contributed by atoms with Crippen molar-refractivity contribution in [3.05, 3.63) is 52.9 Å². The van der Waals surface area contributed by atoms with E-state index in [1.165, 1.54) is 5.56 Å². The van der Waals surface area contributed by atoms with Crippen molar-refractivity contribution in [1.82, 2.24) is 9.97 Å². The van der Waals surface area contributed by atoms with Gasteiger partial charge in [0.1, 0.15) is 16.8 Å². The second-order valence-electron chi connectivity index (χ2n) is 4.34. The van der Waals surface area contributed by atoms with Gasteiger partial charge in [0.25, 0.3) is 0 Å². The number of thioether (sulfide) groups is 1. The van der Waals surface area contributed by atoms with Gasteiger partial charge in [0.2, 0.25) is 0 Å². The summed E-state index contributed by atoms with van der Waals surface area (Å²) in [4.78, 5) is 8.39. The lowest BCUT2D eigenvalue weighted by molar-refractivity contribution is 0.852. The number of benzene rings is 1. The number of nitrogens with zero attached hydrogens (tertiary/aromatic N) is 2. The number of rotatable bonds is 5. The Morgan fingerprint density at radius 3 is 2.68 bits per heavy atom. The zero-order valence-corrected chi connectivity index (χ0v) is 12.3. The summed E-state index contributed by atoms with van der Waals surface area (Å²) in [5.41, 5.74) is 6.98. The van der Waals surface area contributed by atoms with Gasteiger partial charge in [-0.15, -0.1) is 0 Å². The van der Waals surface area contributed by atoms with Crippen molar-refractivity contribution in [3.8, 4) is 0 Å². The summed E-state index contributed by atoms with van der Waals surface area (Å²) in [5, 5.41) is 0.820. The Morgan fingerprint density at radius 1 is 1.26 bits per heavy atom. The van der Waals surface area contributed by atoms with Gasteiger partial charge in [-0.2, -0.15) is 11.8 Å². The highest BCUT2D eigenvalue weighted by Gasteiger charge is 2.08. The van der Waals surface area contributed by atoms with Crippen molar-refractivity contribution in [2.45, 2.75) is 24.3 Å². The summed E-state index contributed by atoms with van der Waals surface area (Å²) in [7, 11) is 0. The molecule has 0 aliphatic heterocycles. The fraction of sp³-hybridized carbons (Fsp3) is 0.286. The Bertz CT molecular complexity index is 513. The molecule has 1 unspecified atom stereocenters. The molecule has 5 heteroatoms. The standard InChI is InChI=1S/C14H16ClN3S/c1-10(19-9-11-5-3-2-4-6-11)7-14-17-12(15)8-13(16)18-14/h2-6,8,10H,7,9H2,1H3,(H2,16,17,18). The molecule has 0 radical (unpaired) electrons. The van der Waals surface area contributed by atoms with Crippen molar-refractivity contribution in [2.24, 2.45) is 0 Å². The van der Waals surface area contributed by atoms with Crippen LogP contribution in [0.2, 0.25) is 5.15 Å². The van der Waals surface area contributed by atoms with E-state index in [4.69, 9.17) is 17.3 Å². The summed E-state index contributed by atoms with van der Waals surface area (Å²) in [6, 6.07) is 12.0. The number of anilines is 1. The van der Waals surface area contributed by atoms with Crippen LogP contribution in [0.5, 0.6) is 0 Å². The first-order valence-electron chi connectivity index (χ1n) is 6.08. The van der Waals surface area contributed by atoms with E-state index >= 15 is 0 Å². The highest BCUT2D eigenvalue weighted by molar-refractivity contribution is 7.99. The van der Waals surface area contributed by atoms with Crippen LogP contribution in [0.1, 0.15) is 18.3 Å². The number of aromatic nitrogens is 2. The molecule has 0 amide bonds. The van der Waals surface area contributed by atoms with Gasteiger partial charge in [-0.1, -0.05) is 48.9 Å². The molecule has 2 N–H and O–H groups in total. The molecule has 0 spiro atoms. The van der Waals surface area contributed by atoms with Crippen molar-refractivity contribution in [3.63, 3.8) is 0 Å². The zero-order chi connectivity index (χ0) is 13.7. The minimum absolute atomic E-state index is 0.405. The minimum atomic E-state index is 0.405. The minimum Gasteiger partial charge on any atom is -0.384 e. The first kappa shape index (κ1) is 14.2. The third-order valence-electron chi connectivity index (χ3n) is 2.61. The maximum atomic E-state index is 5.87. The fourth-order valence-corrected chi connectivity index (χ4v) is 2.85. The van der Waals surface area contributed by atoms with Gasteiger partial charge in [0.15, 0.2) is 0 Å². The van der Waals surface area contributed by atoms with E-state index in [1.54, 1.807) is 6.07 Å². The normalized spacial score (nSPS) is 12.3. The Labute approximate surface area is 122 Å². The molecular weight excluding hydrogens is 278 g/mol. The second-order valence-corrected chi connectivity index (χ2v) is 6.16. The van der Waals surface area contributed by atoms with E-state index in [0.717, 1.165) is 12.2 Å². The largest absolute Gasteiger partial charge is 0.384 e. The van der Waals surface area contributed by atoms with E-state index in [9.17, 15) is 0 Å². The van der Waals surface area contributed by atoms with Crippen LogP contribution in [0.15, 0.2) is 36.4 Å². The zero-order valence-electron chi connectivity index (χ0n) is 10.7. The predicted octanol–water partition coefficient (Wildman–Crippen LogP) is 3.58. The molecule has 0 fully saturated rings. The van der Waals surface area contributed by atoms with Gasteiger partial charge in [-0.05, 0) is 5.56 Å². The maximum absolute atomic E-state index is 5.87. The molecule has 1 aromatic heterocycles. The lowest BCUT2D eigenvalue weighted by atomic mass is 10.2. The van der Waals surface area contributed by atoms with Gasteiger partial charge in [0, 0.05) is 23.5 Å². The summed E-state index contributed by atoms with van der Waals surface area (Å²) < 4.78 is 0. The van der Waals surface area contributed by atoms with Crippen LogP contribution in [0.4, 0.5) is 5.82 Å². The summed E-state index contributed by atoms with van der Waals surface area (Å²) in [6.07, 6.45) is 0.766.